The average Bonchev–Trinajstić information content (AvgIpc) is 1.78. The first-order valence-corrected chi connectivity index (χ1v) is 11.6. The first-order valence-electron chi connectivity index (χ1n) is 5.38. The van der Waals surface area contributed by atoms with Gasteiger partial charge in [0, 0.05) is 0 Å². The lowest BCUT2D eigenvalue weighted by Crippen LogP contribution is -2.49. The number of rotatable bonds is 5. The molecule has 86 valence electrons. The first-order chi connectivity index (χ1) is 5.97. The Bertz CT molecular complexity index is 183. The minimum absolute atomic E-state index is 0.0463. The molecule has 0 aromatic carbocycles. The molecule has 0 bridgehead atoms. The molecule has 0 aliphatic rings. The van der Waals surface area contributed by atoms with Crippen molar-refractivity contribution in [1.82, 2.24) is 0 Å². The van der Waals surface area contributed by atoms with Gasteiger partial charge in [-0.1, -0.05) is 6.92 Å². The summed E-state index contributed by atoms with van der Waals surface area (Å²) < 4.78 is 12.2. The highest BCUT2D eigenvalue weighted by Crippen LogP contribution is 2.24. The molecule has 0 rings (SSSR count). The molecule has 0 heterocycles. The predicted molar refractivity (Wildman–Crippen MR) is 67.4 cm³/mol. The Hall–Kier alpha value is 0.354. The van der Waals surface area contributed by atoms with Crippen LogP contribution in [0.5, 0.6) is 0 Å². The van der Waals surface area contributed by atoms with E-state index in [1.165, 1.54) is 0 Å². The van der Waals surface area contributed by atoms with Gasteiger partial charge in [0.2, 0.25) is 0 Å². The lowest BCUT2D eigenvalue weighted by molar-refractivity contribution is 0.0709. The summed E-state index contributed by atoms with van der Waals surface area (Å²) in [7, 11) is -3.40. The van der Waals surface area contributed by atoms with Crippen molar-refractivity contribution in [3.8, 4) is 0 Å². The largest absolute Gasteiger partial charge is 0.436 e. The van der Waals surface area contributed by atoms with Crippen LogP contribution in [-0.4, -0.2) is 22.5 Å². The SMILES string of the molecule is CCC(C)(C)O[Si](C)(C)O[Si](C)(C)C. The zero-order valence-electron chi connectivity index (χ0n) is 11.0. The van der Waals surface area contributed by atoms with Gasteiger partial charge >= 0.3 is 8.56 Å². The van der Waals surface area contributed by atoms with Crippen LogP contribution in [0.25, 0.3) is 0 Å². The van der Waals surface area contributed by atoms with Crippen molar-refractivity contribution in [3.63, 3.8) is 0 Å². The van der Waals surface area contributed by atoms with Gasteiger partial charge in [-0.2, -0.15) is 0 Å². The Balaban J connectivity index is 4.35. The van der Waals surface area contributed by atoms with Gasteiger partial charge in [0.25, 0.3) is 0 Å². The van der Waals surface area contributed by atoms with Gasteiger partial charge in [-0.3, -0.25) is 0 Å². The molecule has 4 heteroatoms. The maximum absolute atomic E-state index is 6.12. The highest BCUT2D eigenvalue weighted by Gasteiger charge is 2.36. The quantitative estimate of drug-likeness (QED) is 0.675. The monoisotopic (exact) mass is 234 g/mol. The fourth-order valence-corrected chi connectivity index (χ4v) is 9.04. The smallest absolute Gasteiger partial charge is 0.321 e. The van der Waals surface area contributed by atoms with Crippen molar-refractivity contribution < 1.29 is 8.54 Å². The summed E-state index contributed by atoms with van der Waals surface area (Å²) in [6.07, 6.45) is 1.03. The molecule has 0 atom stereocenters. The summed E-state index contributed by atoms with van der Waals surface area (Å²) in [4.78, 5) is 0. The van der Waals surface area contributed by atoms with Gasteiger partial charge < -0.3 is 8.54 Å². The lowest BCUT2D eigenvalue weighted by Gasteiger charge is -2.37. The normalized spacial score (nSPS) is 14.6. The minimum Gasteiger partial charge on any atom is -0.436 e. The summed E-state index contributed by atoms with van der Waals surface area (Å²) in [5.41, 5.74) is -0.0463. The summed E-state index contributed by atoms with van der Waals surface area (Å²) in [5, 5.41) is 0. The molecule has 0 aromatic rings. The predicted octanol–water partition coefficient (Wildman–Crippen LogP) is 3.74. The van der Waals surface area contributed by atoms with Crippen LogP contribution in [0.4, 0.5) is 0 Å². The van der Waals surface area contributed by atoms with E-state index >= 15 is 0 Å². The van der Waals surface area contributed by atoms with E-state index in [0.29, 0.717) is 0 Å². The molecule has 0 saturated heterocycles. The third kappa shape index (κ3) is 6.76. The van der Waals surface area contributed by atoms with Gasteiger partial charge in [0.1, 0.15) is 0 Å². The van der Waals surface area contributed by atoms with Gasteiger partial charge in [-0.15, -0.1) is 0 Å². The summed E-state index contributed by atoms with van der Waals surface area (Å²) in [5.74, 6) is 0. The third-order valence-electron chi connectivity index (χ3n) is 1.93. The molecular formula is C10H26O2Si2. The Morgan fingerprint density at radius 2 is 1.43 bits per heavy atom. The highest BCUT2D eigenvalue weighted by atomic mass is 28.4. The summed E-state index contributed by atoms with van der Waals surface area (Å²) >= 11 is 0. The van der Waals surface area contributed by atoms with E-state index in [9.17, 15) is 0 Å². The molecule has 0 aliphatic heterocycles. The molecule has 0 aliphatic carbocycles. The molecule has 0 amide bonds. The number of hydrogen-bond acceptors (Lipinski definition) is 2. The lowest BCUT2D eigenvalue weighted by atomic mass is 10.1. The van der Waals surface area contributed by atoms with E-state index in [0.717, 1.165) is 6.42 Å². The third-order valence-corrected chi connectivity index (χ3v) is 7.39. The molecule has 14 heavy (non-hydrogen) atoms. The van der Waals surface area contributed by atoms with Gasteiger partial charge in [-0.05, 0) is 53.0 Å². The van der Waals surface area contributed by atoms with Crippen LogP contribution >= 0.6 is 0 Å². The van der Waals surface area contributed by atoms with E-state index in [1.807, 2.05) is 0 Å². The van der Waals surface area contributed by atoms with Crippen molar-refractivity contribution in [2.24, 2.45) is 0 Å². The molecule has 2 nitrogen and oxygen atoms in total. The first kappa shape index (κ1) is 14.4. The Kier molecular flexibility index (Phi) is 4.58. The molecule has 0 fully saturated rings. The molecule has 0 spiro atoms. The van der Waals surface area contributed by atoms with Crippen molar-refractivity contribution in [1.29, 1.82) is 0 Å². The fourth-order valence-electron chi connectivity index (χ4n) is 1.50. The maximum atomic E-state index is 6.12. The van der Waals surface area contributed by atoms with Crippen molar-refractivity contribution in [2.45, 2.75) is 65.5 Å². The van der Waals surface area contributed by atoms with Crippen molar-refractivity contribution >= 4 is 16.9 Å². The molecule has 0 N–H and O–H groups in total. The van der Waals surface area contributed by atoms with E-state index in [1.54, 1.807) is 0 Å². The zero-order chi connectivity index (χ0) is 11.6. The van der Waals surface area contributed by atoms with Crippen molar-refractivity contribution in [3.05, 3.63) is 0 Å². The van der Waals surface area contributed by atoms with Gasteiger partial charge in [0.15, 0.2) is 8.32 Å². The minimum atomic E-state index is -1.93. The zero-order valence-corrected chi connectivity index (χ0v) is 13.0. The standard InChI is InChI=1S/C10H26O2Si2/c1-9-10(2,3)11-14(7,8)12-13(4,5)6/h9H2,1-8H3. The van der Waals surface area contributed by atoms with Crippen LogP contribution in [0.2, 0.25) is 32.7 Å². The highest BCUT2D eigenvalue weighted by molar-refractivity contribution is 6.81. The number of hydrogen-bond donors (Lipinski definition) is 0. The topological polar surface area (TPSA) is 18.5 Å². The fraction of sp³-hybridized carbons (Fsp3) is 1.00. The van der Waals surface area contributed by atoms with Crippen LogP contribution in [0.1, 0.15) is 27.2 Å². The summed E-state index contributed by atoms with van der Waals surface area (Å²) in [6.45, 7) is 17.3. The van der Waals surface area contributed by atoms with Crippen LogP contribution in [0, 0.1) is 0 Å². The molecule has 0 saturated carbocycles. The van der Waals surface area contributed by atoms with Gasteiger partial charge in [-0.25, -0.2) is 0 Å². The molecule has 0 unspecified atom stereocenters. The molecule has 0 radical (unpaired) electrons. The van der Waals surface area contributed by atoms with Crippen LogP contribution in [0.15, 0.2) is 0 Å². The Morgan fingerprint density at radius 1 is 1.00 bits per heavy atom. The van der Waals surface area contributed by atoms with Crippen molar-refractivity contribution in [2.75, 3.05) is 0 Å². The van der Waals surface area contributed by atoms with E-state index in [4.69, 9.17) is 8.54 Å². The maximum Gasteiger partial charge on any atom is 0.321 e. The second kappa shape index (κ2) is 4.47. The Labute approximate surface area is 91.4 Å². The Morgan fingerprint density at radius 3 is 1.71 bits per heavy atom. The second-order valence-corrected chi connectivity index (χ2v) is 13.9. The van der Waals surface area contributed by atoms with Crippen LogP contribution < -0.4 is 0 Å². The van der Waals surface area contributed by atoms with Crippen LogP contribution in [-0.2, 0) is 8.54 Å². The van der Waals surface area contributed by atoms with Gasteiger partial charge in [0.05, 0.1) is 5.60 Å². The van der Waals surface area contributed by atoms with E-state index < -0.39 is 16.9 Å². The van der Waals surface area contributed by atoms with E-state index in [-0.39, 0.29) is 5.60 Å². The average molecular weight is 234 g/mol. The molecule has 0 aromatic heterocycles. The van der Waals surface area contributed by atoms with Crippen LogP contribution in [0.3, 0.4) is 0 Å². The second-order valence-electron chi connectivity index (χ2n) is 5.83. The van der Waals surface area contributed by atoms with E-state index in [2.05, 4.69) is 53.5 Å². The summed E-state index contributed by atoms with van der Waals surface area (Å²) in [6, 6.07) is 0. The molecular weight excluding hydrogens is 208 g/mol.